The Hall–Kier alpha value is -4.63. The van der Waals surface area contributed by atoms with Gasteiger partial charge < -0.3 is 19.5 Å². The Morgan fingerprint density at radius 3 is 2.83 bits per heavy atom. The van der Waals surface area contributed by atoms with Crippen molar-refractivity contribution in [3.63, 3.8) is 0 Å². The molecule has 1 aliphatic rings. The summed E-state index contributed by atoms with van der Waals surface area (Å²) in [4.78, 5) is 56.3. The Bertz CT molecular complexity index is 1630. The molecule has 0 saturated heterocycles. The van der Waals surface area contributed by atoms with Gasteiger partial charge in [0, 0.05) is 13.1 Å². The van der Waals surface area contributed by atoms with Crippen LogP contribution in [0.4, 0.5) is 5.82 Å². The van der Waals surface area contributed by atoms with Crippen LogP contribution in [0.3, 0.4) is 0 Å². The zero-order valence-corrected chi connectivity index (χ0v) is 19.4. The predicted molar refractivity (Wildman–Crippen MR) is 124 cm³/mol. The van der Waals surface area contributed by atoms with Crippen LogP contribution >= 0.6 is 0 Å². The second kappa shape index (κ2) is 8.86. The first-order valence-corrected chi connectivity index (χ1v) is 10.8. The van der Waals surface area contributed by atoms with E-state index < -0.39 is 29.6 Å². The maximum atomic E-state index is 13.3. The minimum Gasteiger partial charge on any atom is -0.361 e. The monoisotopic (exact) mass is 495 g/mol. The van der Waals surface area contributed by atoms with Gasteiger partial charge in [-0.3, -0.25) is 18.7 Å². The highest BCUT2D eigenvalue weighted by molar-refractivity contribution is 5.98. The van der Waals surface area contributed by atoms with E-state index in [1.165, 1.54) is 22.5 Å². The van der Waals surface area contributed by atoms with Crippen molar-refractivity contribution >= 4 is 28.7 Å². The van der Waals surface area contributed by atoms with Crippen LogP contribution in [-0.4, -0.2) is 52.1 Å². The van der Waals surface area contributed by atoms with Crippen molar-refractivity contribution in [2.24, 2.45) is 12.0 Å². The summed E-state index contributed by atoms with van der Waals surface area (Å²) in [6, 6.07) is 5.58. The van der Waals surface area contributed by atoms with Crippen LogP contribution in [0.15, 0.2) is 49.7 Å². The second-order valence-corrected chi connectivity index (χ2v) is 8.08. The van der Waals surface area contributed by atoms with Gasteiger partial charge in [-0.2, -0.15) is 0 Å². The Morgan fingerprint density at radius 2 is 2.14 bits per heavy atom. The number of aryl methyl sites for hydroxylation is 2. The topological polar surface area (TPSA) is 184 Å². The van der Waals surface area contributed by atoms with Gasteiger partial charge in [0.15, 0.2) is 17.0 Å². The van der Waals surface area contributed by atoms with Crippen LogP contribution in [0, 0.1) is 6.92 Å². The molecule has 0 radical (unpaired) electrons. The lowest BCUT2D eigenvalue weighted by atomic mass is 10.3. The fourth-order valence-corrected chi connectivity index (χ4v) is 3.76. The summed E-state index contributed by atoms with van der Waals surface area (Å²) < 4.78 is 8.68. The van der Waals surface area contributed by atoms with Gasteiger partial charge in [-0.1, -0.05) is 11.2 Å². The van der Waals surface area contributed by atoms with Crippen LogP contribution < -0.4 is 22.0 Å². The molecule has 1 unspecified atom stereocenters. The molecule has 15 heteroatoms. The number of nitrogens with one attached hydrogen (secondary N) is 2. The molecule has 4 aromatic rings. The second-order valence-electron chi connectivity index (χ2n) is 8.08. The van der Waals surface area contributed by atoms with E-state index in [1.54, 1.807) is 38.1 Å². The maximum absolute atomic E-state index is 13.3. The number of hydrogen-bond acceptors (Lipinski definition) is 11. The zero-order valence-electron chi connectivity index (χ0n) is 19.4. The average Bonchev–Trinajstić information content (AvgIpc) is 3.60. The molecule has 5 heterocycles. The highest BCUT2D eigenvalue weighted by atomic mass is 16.7. The number of fused-ring (bicyclic) bond motifs is 1. The number of nitrogens with zero attached hydrogens (tertiary/aromatic N) is 7. The van der Waals surface area contributed by atoms with Crippen LogP contribution in [0.25, 0.3) is 11.2 Å². The first-order chi connectivity index (χ1) is 17.2. The minimum absolute atomic E-state index is 0.0809. The minimum atomic E-state index is -1.34. The summed E-state index contributed by atoms with van der Waals surface area (Å²) in [7, 11) is 1.49. The van der Waals surface area contributed by atoms with E-state index in [2.05, 4.69) is 30.9 Å². The Labute approximate surface area is 201 Å². The Morgan fingerprint density at radius 1 is 1.33 bits per heavy atom. The summed E-state index contributed by atoms with van der Waals surface area (Å²) in [6.45, 7) is 3.19. The first-order valence-electron chi connectivity index (χ1n) is 10.8. The Balaban J connectivity index is 1.46. The third kappa shape index (κ3) is 4.05. The quantitative estimate of drug-likeness (QED) is 0.312. The third-order valence-corrected chi connectivity index (χ3v) is 5.59. The molecule has 4 aromatic heterocycles. The molecule has 1 aliphatic heterocycles. The molecule has 186 valence electrons. The summed E-state index contributed by atoms with van der Waals surface area (Å²) in [6.07, 6.45) is -0.0111. The van der Waals surface area contributed by atoms with Gasteiger partial charge in [0.1, 0.15) is 29.0 Å². The highest BCUT2D eigenvalue weighted by Gasteiger charge is 2.24. The molecule has 0 spiro atoms. The molecule has 15 nitrogen and oxygen atoms in total. The van der Waals surface area contributed by atoms with Crippen molar-refractivity contribution in [3.8, 4) is 0 Å². The third-order valence-electron chi connectivity index (χ3n) is 5.59. The standard InChI is InChI=1S/C21H21N9O6/c1-10-7-12(26-35-10)8-29-19(32)15-17(28(3)21(29)34)22-9-30(15)11(2)18(31)24-14-6-4-5-13(23-14)16-25-20(33)36-27-16/h4-7,9,11,20,33H,8H2,1-3H3,(H,25,27)(H,23,24,31)/t11-,20?/m0/s1. The Kier molecular flexibility index (Phi) is 5.69. The normalized spacial score (nSPS) is 16.1. The number of amidine groups is 1. The van der Waals surface area contributed by atoms with Crippen molar-refractivity contribution in [3.05, 3.63) is 68.6 Å². The number of pyridine rings is 1. The molecular weight excluding hydrogens is 474 g/mol. The fraction of sp³-hybridized carbons (Fsp3) is 0.286. The van der Waals surface area contributed by atoms with Crippen molar-refractivity contribution < 1.29 is 19.3 Å². The van der Waals surface area contributed by atoms with Gasteiger partial charge in [0.05, 0.1) is 12.9 Å². The number of aliphatic hydroxyl groups excluding tert-OH is 1. The van der Waals surface area contributed by atoms with Crippen LogP contribution in [0.5, 0.6) is 0 Å². The zero-order chi connectivity index (χ0) is 25.6. The van der Waals surface area contributed by atoms with Gasteiger partial charge in [0.2, 0.25) is 5.91 Å². The van der Waals surface area contributed by atoms with Crippen molar-refractivity contribution in [2.45, 2.75) is 32.8 Å². The van der Waals surface area contributed by atoms with Crippen LogP contribution in [-0.2, 0) is 23.2 Å². The lowest BCUT2D eigenvalue weighted by Gasteiger charge is -2.15. The van der Waals surface area contributed by atoms with Gasteiger partial charge in [-0.15, -0.1) is 0 Å². The molecule has 0 bridgehead atoms. The van der Waals surface area contributed by atoms with Crippen LogP contribution in [0.2, 0.25) is 0 Å². The summed E-state index contributed by atoms with van der Waals surface area (Å²) in [5, 5.41) is 15.9. The summed E-state index contributed by atoms with van der Waals surface area (Å²) in [5.41, 5.74) is 2.22. The number of rotatable bonds is 6. The maximum Gasteiger partial charge on any atom is 0.332 e. The predicted octanol–water partition coefficient (Wildman–Crippen LogP) is -0.607. The smallest absolute Gasteiger partial charge is 0.332 e. The number of hydrogen-bond donors (Lipinski definition) is 3. The number of amides is 1. The van der Waals surface area contributed by atoms with Crippen LogP contribution in [0.1, 0.15) is 30.1 Å². The van der Waals surface area contributed by atoms with E-state index in [0.29, 0.717) is 17.1 Å². The van der Waals surface area contributed by atoms with E-state index in [-0.39, 0.29) is 29.4 Å². The van der Waals surface area contributed by atoms with E-state index in [9.17, 15) is 19.5 Å². The van der Waals surface area contributed by atoms with E-state index >= 15 is 0 Å². The molecule has 1 amide bonds. The fourth-order valence-electron chi connectivity index (χ4n) is 3.76. The van der Waals surface area contributed by atoms with Crippen molar-refractivity contribution in [1.29, 1.82) is 0 Å². The van der Waals surface area contributed by atoms with Gasteiger partial charge in [-0.05, 0) is 26.0 Å². The number of carbonyl (C=O) groups is 1. The number of aromatic nitrogens is 6. The van der Waals surface area contributed by atoms with Crippen molar-refractivity contribution in [2.75, 3.05) is 5.32 Å². The van der Waals surface area contributed by atoms with E-state index in [4.69, 9.17) is 9.36 Å². The number of imidazole rings is 1. The first kappa shape index (κ1) is 23.1. The van der Waals surface area contributed by atoms with E-state index in [0.717, 1.165) is 4.57 Å². The number of aliphatic imine (C=N–C) groups is 1. The molecular formula is C21H21N9O6. The molecule has 0 saturated carbocycles. The number of hydroxylamine groups is 1. The number of carbonyl (C=O) groups excluding carboxylic acids is 1. The lowest BCUT2D eigenvalue weighted by molar-refractivity contribution is -0.118. The molecule has 0 aliphatic carbocycles. The molecule has 0 fully saturated rings. The van der Waals surface area contributed by atoms with Crippen molar-refractivity contribution in [1.82, 2.24) is 34.3 Å². The average molecular weight is 495 g/mol. The molecule has 3 N–H and O–H groups in total. The molecule has 0 aromatic carbocycles. The number of aliphatic hydroxyl groups is 1. The van der Waals surface area contributed by atoms with Gasteiger partial charge in [-0.25, -0.2) is 30.1 Å². The van der Waals surface area contributed by atoms with Gasteiger partial charge in [0.25, 0.3) is 12.0 Å². The van der Waals surface area contributed by atoms with E-state index in [1.807, 2.05) is 0 Å². The summed E-state index contributed by atoms with van der Waals surface area (Å²) >= 11 is 0. The molecule has 2 atom stereocenters. The number of anilines is 1. The SMILES string of the molecule is Cc1cc(Cn2c(=O)c3c(ncn3[C@@H](C)C(=O)Nc3cccc(C4=NC(O)ON4)n3)n(C)c2=O)no1. The van der Waals surface area contributed by atoms with Gasteiger partial charge >= 0.3 is 5.69 Å². The molecule has 36 heavy (non-hydrogen) atoms. The highest BCUT2D eigenvalue weighted by Crippen LogP contribution is 2.16. The lowest BCUT2D eigenvalue weighted by Crippen LogP contribution is -2.40. The summed E-state index contributed by atoms with van der Waals surface area (Å²) in [5.74, 6) is 0.480. The molecule has 5 rings (SSSR count). The largest absolute Gasteiger partial charge is 0.361 e.